The van der Waals surface area contributed by atoms with Crippen molar-refractivity contribution in [3.63, 3.8) is 0 Å². The van der Waals surface area contributed by atoms with Crippen molar-refractivity contribution in [3.05, 3.63) is 0 Å². The summed E-state index contributed by atoms with van der Waals surface area (Å²) in [5.74, 6) is 0. The molecular weight excluding hydrogens is 208 g/mol. The lowest BCUT2D eigenvalue weighted by Crippen LogP contribution is -2.35. The molecule has 0 bridgehead atoms. The molecule has 3 nitrogen and oxygen atoms in total. The Labute approximate surface area is 76.0 Å². The van der Waals surface area contributed by atoms with Crippen LogP contribution >= 0.6 is 0 Å². The second kappa shape index (κ2) is 5.40. The fourth-order valence-electron chi connectivity index (χ4n) is 0.627. The van der Waals surface area contributed by atoms with E-state index in [1.54, 1.807) is 0 Å². The van der Waals surface area contributed by atoms with Crippen LogP contribution in [0, 0.1) is 0 Å². The van der Waals surface area contributed by atoms with Crippen LogP contribution in [0.5, 0.6) is 0 Å². The van der Waals surface area contributed by atoms with Crippen LogP contribution in [0.4, 0.5) is 0 Å². The molecule has 0 aromatic carbocycles. The molecule has 1 rings (SSSR count). The molecule has 1 fully saturated rings. The molecule has 7 heteroatoms. The third-order valence-corrected chi connectivity index (χ3v) is 6.79. The van der Waals surface area contributed by atoms with Crippen molar-refractivity contribution >= 4 is 38.1 Å². The van der Waals surface area contributed by atoms with Gasteiger partial charge in [0.05, 0.1) is 0 Å². The Kier molecular flexibility index (Phi) is 4.83. The molecule has 60 valence electrons. The molecule has 1 heterocycles. The molecule has 0 spiro atoms. The molecule has 0 aliphatic carbocycles. The van der Waals surface area contributed by atoms with Gasteiger partial charge in [-0.05, 0) is 6.04 Å². The van der Waals surface area contributed by atoms with Gasteiger partial charge in [-0.15, -0.1) is 0 Å². The largest absolute Gasteiger partial charge is 0.413 e. The Bertz CT molecular complexity index is 106. The highest BCUT2D eigenvalue weighted by Gasteiger charge is 2.22. The van der Waals surface area contributed by atoms with Gasteiger partial charge >= 0.3 is 29.3 Å². The second-order valence-electron chi connectivity index (χ2n) is 2.55. The molecule has 0 N–H and O–H groups in total. The highest BCUT2D eigenvalue weighted by molar-refractivity contribution is 6.64. The Morgan fingerprint density at radius 2 is 1.91 bits per heavy atom. The van der Waals surface area contributed by atoms with Crippen molar-refractivity contribution in [1.82, 2.24) is 0 Å². The van der Waals surface area contributed by atoms with Gasteiger partial charge in [0, 0.05) is 8.80 Å². The quantitative estimate of drug-likeness (QED) is 0.640. The van der Waals surface area contributed by atoms with E-state index in [4.69, 9.17) is 12.3 Å². The van der Waals surface area contributed by atoms with Crippen molar-refractivity contribution in [2.24, 2.45) is 0 Å². The predicted octanol–water partition coefficient (Wildman–Crippen LogP) is 0.361. The maximum absolute atomic E-state index is 5.34. The van der Waals surface area contributed by atoms with E-state index in [0.29, 0.717) is 0 Å². The summed E-state index contributed by atoms with van der Waals surface area (Å²) in [6.07, 6.45) is 0. The van der Waals surface area contributed by atoms with Gasteiger partial charge in [0.15, 0.2) is 0 Å². The first kappa shape index (κ1) is 9.83. The monoisotopic (exact) mass is 218 g/mol. The zero-order chi connectivity index (χ0) is 8.10. The Hall–Kier alpha value is 0.748. The van der Waals surface area contributed by atoms with E-state index >= 15 is 0 Å². The summed E-state index contributed by atoms with van der Waals surface area (Å²) in [6, 6.07) is 2.43. The molecule has 0 atom stereocenters. The van der Waals surface area contributed by atoms with Gasteiger partial charge in [0.1, 0.15) is 0 Å². The van der Waals surface area contributed by atoms with E-state index < -0.39 is 9.28 Å². The van der Waals surface area contributed by atoms with Crippen LogP contribution < -0.4 is 0 Å². The zero-order valence-corrected chi connectivity index (χ0v) is 10.6. The van der Waals surface area contributed by atoms with E-state index in [1.165, 1.54) is 6.04 Å². The zero-order valence-electron chi connectivity index (χ0n) is 6.64. The van der Waals surface area contributed by atoms with Gasteiger partial charge in [-0.2, -0.15) is 0 Å². The van der Waals surface area contributed by atoms with Crippen LogP contribution in [-0.4, -0.2) is 38.1 Å². The van der Waals surface area contributed by atoms with Crippen molar-refractivity contribution in [2.45, 2.75) is 25.2 Å². The van der Waals surface area contributed by atoms with E-state index in [2.05, 4.69) is 13.1 Å². The number of hydrogen-bond donors (Lipinski definition) is 0. The molecule has 0 aromatic rings. The molecule has 11 heavy (non-hydrogen) atoms. The summed E-state index contributed by atoms with van der Waals surface area (Å²) in [5, 5.41) is 0. The number of rotatable bonds is 3. The Morgan fingerprint density at radius 1 is 1.27 bits per heavy atom. The van der Waals surface area contributed by atoms with E-state index in [1.807, 2.05) is 0 Å². The van der Waals surface area contributed by atoms with Crippen molar-refractivity contribution in [3.8, 4) is 0 Å². The van der Waals surface area contributed by atoms with Crippen LogP contribution in [0.15, 0.2) is 0 Å². The van der Waals surface area contributed by atoms with Crippen LogP contribution in [0.2, 0.25) is 25.2 Å². The fourth-order valence-corrected chi connectivity index (χ4v) is 6.76. The smallest absolute Gasteiger partial charge is 0.412 e. The minimum atomic E-state index is -0.918. The maximum atomic E-state index is 5.34. The first-order valence-corrected chi connectivity index (χ1v) is 9.30. The number of hydrogen-bond acceptors (Lipinski definition) is 3. The Balaban J connectivity index is 2.05. The van der Waals surface area contributed by atoms with Crippen LogP contribution in [0.3, 0.4) is 0 Å². The van der Waals surface area contributed by atoms with Gasteiger partial charge < -0.3 is 12.3 Å². The van der Waals surface area contributed by atoms with Crippen molar-refractivity contribution in [1.29, 1.82) is 0 Å². The summed E-state index contributed by atoms with van der Waals surface area (Å²) in [4.78, 5) is 0. The minimum Gasteiger partial charge on any atom is -0.413 e. The highest BCUT2D eigenvalue weighted by Crippen LogP contribution is 2.06. The normalized spacial score (nSPS) is 21.0. The predicted molar refractivity (Wildman–Crippen MR) is 47.6 cm³/mol. The molecule has 0 saturated carbocycles. The van der Waals surface area contributed by atoms with Crippen LogP contribution in [0.1, 0.15) is 0 Å². The van der Waals surface area contributed by atoms with Gasteiger partial charge in [0.2, 0.25) is 0 Å². The first-order chi connectivity index (χ1) is 5.29. The Morgan fingerprint density at radius 3 is 2.45 bits per heavy atom. The summed E-state index contributed by atoms with van der Waals surface area (Å²) >= 11 is 0. The molecule has 0 aromatic heterocycles. The molecule has 1 aliphatic heterocycles. The fraction of sp³-hybridized carbons (Fsp3) is 1.00. The molecule has 6 radical (unpaired) electrons. The molecule has 0 amide bonds. The molecule has 0 unspecified atom stereocenters. The summed E-state index contributed by atoms with van der Waals surface area (Å²) in [7, 11) is -0.562. The first-order valence-electron chi connectivity index (χ1n) is 3.43. The molecule has 1 aliphatic rings. The molecule has 1 saturated heterocycles. The summed E-state index contributed by atoms with van der Waals surface area (Å²) < 4.78 is 15.6. The molecular formula is C4H10O3Si4. The van der Waals surface area contributed by atoms with Crippen LogP contribution in [0.25, 0.3) is 0 Å². The van der Waals surface area contributed by atoms with Crippen LogP contribution in [-0.2, 0) is 12.3 Å². The summed E-state index contributed by atoms with van der Waals surface area (Å²) in [6.45, 7) is 4.63. The van der Waals surface area contributed by atoms with E-state index in [-0.39, 0.29) is 28.8 Å². The van der Waals surface area contributed by atoms with Crippen molar-refractivity contribution in [2.75, 3.05) is 0 Å². The average Bonchev–Trinajstić information content (AvgIpc) is 2.03. The minimum absolute atomic E-state index is 0.103. The maximum Gasteiger partial charge on any atom is 0.412 e. The lowest BCUT2D eigenvalue weighted by molar-refractivity contribution is 0.323. The van der Waals surface area contributed by atoms with E-state index in [0.717, 1.165) is 6.04 Å². The standard InChI is InChI=1S/C4H10O3Si4/c1-10(2)3-4-11-6-8-5-9-7-11/h3-4H2,1-2H3. The second-order valence-corrected chi connectivity index (χ2v) is 9.49. The van der Waals surface area contributed by atoms with Gasteiger partial charge in [-0.1, -0.05) is 19.1 Å². The lowest BCUT2D eigenvalue weighted by Gasteiger charge is -2.18. The highest BCUT2D eigenvalue weighted by atomic mass is 28.4. The van der Waals surface area contributed by atoms with Gasteiger partial charge in [-0.25, -0.2) is 0 Å². The summed E-state index contributed by atoms with van der Waals surface area (Å²) in [5.41, 5.74) is 0. The lowest BCUT2D eigenvalue weighted by atomic mass is 10.9. The third-order valence-electron chi connectivity index (χ3n) is 1.22. The SMILES string of the molecule is C[Si](C)CC[Si]1O[Si]O[Si]O1. The van der Waals surface area contributed by atoms with Crippen molar-refractivity contribution < 1.29 is 12.3 Å². The van der Waals surface area contributed by atoms with Gasteiger partial charge in [-0.3, -0.25) is 0 Å². The van der Waals surface area contributed by atoms with E-state index in [9.17, 15) is 0 Å². The topological polar surface area (TPSA) is 27.7 Å². The average molecular weight is 218 g/mol. The van der Waals surface area contributed by atoms with Gasteiger partial charge in [0.25, 0.3) is 0 Å². The third kappa shape index (κ3) is 4.35.